The summed E-state index contributed by atoms with van der Waals surface area (Å²) >= 11 is 12.0. The number of Topliss-reactive ketones (excluding diaryl/α,β-unsaturated/α-hetero) is 1. The maximum atomic E-state index is 11.9. The van der Waals surface area contributed by atoms with Crippen molar-refractivity contribution >= 4 is 40.6 Å². The number of hydrogen-bond acceptors (Lipinski definition) is 2. The van der Waals surface area contributed by atoms with Crippen molar-refractivity contribution in [1.29, 1.82) is 0 Å². The number of benzene rings is 1. The van der Waals surface area contributed by atoms with E-state index >= 15 is 0 Å². The average molecular weight is 286 g/mol. The van der Waals surface area contributed by atoms with Crippen LogP contribution < -0.4 is 4.90 Å². The number of carbonyl (C=O) groups is 2. The average Bonchev–Trinajstić information content (AvgIpc) is 2.60. The van der Waals surface area contributed by atoms with Gasteiger partial charge in [-0.05, 0) is 18.6 Å². The van der Waals surface area contributed by atoms with Crippen LogP contribution in [0.15, 0.2) is 12.1 Å². The summed E-state index contributed by atoms with van der Waals surface area (Å²) in [6.45, 7) is 2.58. The fraction of sp³-hybridized carbons (Fsp3) is 0.385. The van der Waals surface area contributed by atoms with Crippen molar-refractivity contribution in [3.05, 3.63) is 27.7 Å². The number of ketones is 1. The number of anilines is 1. The minimum absolute atomic E-state index is 0.241. The van der Waals surface area contributed by atoms with Crippen LogP contribution in [0.25, 0.3) is 0 Å². The highest BCUT2D eigenvalue weighted by atomic mass is 35.5. The van der Waals surface area contributed by atoms with E-state index in [9.17, 15) is 9.59 Å². The number of hydrogen-bond donors (Lipinski definition) is 0. The number of fused-ring (bicyclic) bond motifs is 1. The van der Waals surface area contributed by atoms with E-state index in [4.69, 9.17) is 23.2 Å². The Morgan fingerprint density at radius 2 is 1.78 bits per heavy atom. The van der Waals surface area contributed by atoms with E-state index < -0.39 is 11.7 Å². The molecule has 0 saturated heterocycles. The molecule has 1 aliphatic rings. The fourth-order valence-electron chi connectivity index (χ4n) is 2.09. The lowest BCUT2D eigenvalue weighted by Crippen LogP contribution is -2.30. The fourth-order valence-corrected chi connectivity index (χ4v) is 2.58. The number of nitrogens with zero attached hydrogens (tertiary/aromatic N) is 1. The third kappa shape index (κ3) is 2.13. The molecular formula is C13H13Cl2NO2. The van der Waals surface area contributed by atoms with E-state index in [0.29, 0.717) is 17.3 Å². The molecule has 0 fully saturated rings. The molecule has 1 amide bonds. The van der Waals surface area contributed by atoms with E-state index in [1.54, 1.807) is 12.1 Å². The van der Waals surface area contributed by atoms with Gasteiger partial charge in [0.15, 0.2) is 0 Å². The molecule has 18 heavy (non-hydrogen) atoms. The minimum Gasteiger partial charge on any atom is -0.303 e. The van der Waals surface area contributed by atoms with Crippen molar-refractivity contribution in [3.8, 4) is 0 Å². The van der Waals surface area contributed by atoms with Crippen LogP contribution in [-0.2, 0) is 4.79 Å². The number of unbranched alkanes of at least 4 members (excludes halogenated alkanes) is 2. The molecule has 0 saturated carbocycles. The lowest BCUT2D eigenvalue weighted by atomic mass is 10.1. The smallest absolute Gasteiger partial charge is 0.299 e. The molecule has 0 aliphatic carbocycles. The van der Waals surface area contributed by atoms with E-state index in [-0.39, 0.29) is 10.6 Å². The van der Waals surface area contributed by atoms with E-state index in [1.165, 1.54) is 4.90 Å². The highest BCUT2D eigenvalue weighted by Gasteiger charge is 2.38. The van der Waals surface area contributed by atoms with Gasteiger partial charge < -0.3 is 4.90 Å². The predicted octanol–water partition coefficient (Wildman–Crippen LogP) is 3.71. The van der Waals surface area contributed by atoms with Crippen molar-refractivity contribution in [2.75, 3.05) is 11.4 Å². The van der Waals surface area contributed by atoms with Gasteiger partial charge >= 0.3 is 0 Å². The van der Waals surface area contributed by atoms with Crippen LogP contribution in [0.5, 0.6) is 0 Å². The normalized spacial score (nSPS) is 14.3. The molecule has 5 heteroatoms. The van der Waals surface area contributed by atoms with Gasteiger partial charge in [-0.25, -0.2) is 0 Å². The maximum absolute atomic E-state index is 11.9. The molecule has 0 aromatic heterocycles. The zero-order valence-electron chi connectivity index (χ0n) is 10.0. The summed E-state index contributed by atoms with van der Waals surface area (Å²) in [4.78, 5) is 25.2. The molecule has 1 aromatic carbocycles. The summed E-state index contributed by atoms with van der Waals surface area (Å²) in [6.07, 6.45) is 2.90. The van der Waals surface area contributed by atoms with Crippen LogP contribution >= 0.6 is 23.2 Å². The van der Waals surface area contributed by atoms with E-state index in [1.807, 2.05) is 0 Å². The summed E-state index contributed by atoms with van der Waals surface area (Å²) in [5.41, 5.74) is 0.709. The second-order valence-electron chi connectivity index (χ2n) is 4.25. The SMILES string of the molecule is CCCCCN1C(=O)C(=O)c2c(Cl)ccc(Cl)c21. The molecule has 0 bridgehead atoms. The molecule has 0 spiro atoms. The number of amides is 1. The Hall–Kier alpha value is -1.06. The molecule has 96 valence electrons. The Morgan fingerprint density at radius 1 is 1.11 bits per heavy atom. The van der Waals surface area contributed by atoms with Crippen molar-refractivity contribution in [2.24, 2.45) is 0 Å². The first-order valence-electron chi connectivity index (χ1n) is 5.92. The maximum Gasteiger partial charge on any atom is 0.299 e. The third-order valence-corrected chi connectivity index (χ3v) is 3.62. The van der Waals surface area contributed by atoms with Gasteiger partial charge in [-0.2, -0.15) is 0 Å². The van der Waals surface area contributed by atoms with Gasteiger partial charge in [0.05, 0.1) is 21.3 Å². The van der Waals surface area contributed by atoms with Crippen molar-refractivity contribution < 1.29 is 9.59 Å². The van der Waals surface area contributed by atoms with Crippen molar-refractivity contribution in [1.82, 2.24) is 0 Å². The summed E-state index contributed by atoms with van der Waals surface area (Å²) in [5, 5.41) is 0.677. The lowest BCUT2D eigenvalue weighted by Gasteiger charge is -2.17. The third-order valence-electron chi connectivity index (χ3n) is 3.00. The lowest BCUT2D eigenvalue weighted by molar-refractivity contribution is -0.114. The summed E-state index contributed by atoms with van der Waals surface area (Å²) in [7, 11) is 0. The summed E-state index contributed by atoms with van der Waals surface area (Å²) < 4.78 is 0. The summed E-state index contributed by atoms with van der Waals surface area (Å²) in [6, 6.07) is 3.16. The molecule has 0 unspecified atom stereocenters. The Balaban J connectivity index is 2.39. The predicted molar refractivity (Wildman–Crippen MR) is 72.7 cm³/mol. The van der Waals surface area contributed by atoms with Crippen molar-refractivity contribution in [3.63, 3.8) is 0 Å². The molecule has 0 atom stereocenters. The van der Waals surface area contributed by atoms with Crippen LogP contribution in [0.1, 0.15) is 36.5 Å². The second kappa shape index (κ2) is 5.29. The second-order valence-corrected chi connectivity index (χ2v) is 5.06. The first-order chi connectivity index (χ1) is 8.57. The van der Waals surface area contributed by atoms with Crippen LogP contribution in [0.3, 0.4) is 0 Å². The van der Waals surface area contributed by atoms with Crippen LogP contribution in [0.4, 0.5) is 5.69 Å². The first-order valence-corrected chi connectivity index (χ1v) is 6.67. The highest BCUT2D eigenvalue weighted by Crippen LogP contribution is 2.39. The van der Waals surface area contributed by atoms with Crippen LogP contribution in [-0.4, -0.2) is 18.2 Å². The quantitative estimate of drug-likeness (QED) is 0.625. The first kappa shape index (κ1) is 13.4. The van der Waals surface area contributed by atoms with Gasteiger partial charge in [-0.3, -0.25) is 9.59 Å². The molecule has 2 rings (SSSR count). The topological polar surface area (TPSA) is 37.4 Å². The Bertz CT molecular complexity index is 514. The number of rotatable bonds is 4. The molecule has 0 N–H and O–H groups in total. The molecule has 1 aliphatic heterocycles. The standard InChI is InChI=1S/C13H13Cl2NO2/c1-2-3-4-7-16-11-9(15)6-5-8(14)10(11)12(17)13(16)18/h5-6H,2-4,7H2,1H3. The van der Waals surface area contributed by atoms with Gasteiger partial charge in [0.1, 0.15) is 0 Å². The van der Waals surface area contributed by atoms with Crippen LogP contribution in [0, 0.1) is 0 Å². The van der Waals surface area contributed by atoms with Gasteiger partial charge in [-0.1, -0.05) is 43.0 Å². The van der Waals surface area contributed by atoms with Gasteiger partial charge in [0.25, 0.3) is 11.7 Å². The molecule has 0 radical (unpaired) electrons. The Kier molecular flexibility index (Phi) is 3.93. The minimum atomic E-state index is -0.561. The zero-order valence-corrected chi connectivity index (χ0v) is 11.5. The number of halogens is 2. The monoisotopic (exact) mass is 285 g/mol. The van der Waals surface area contributed by atoms with Gasteiger partial charge in [-0.15, -0.1) is 0 Å². The molecule has 1 heterocycles. The molecule has 3 nitrogen and oxygen atoms in total. The van der Waals surface area contributed by atoms with Gasteiger partial charge in [0.2, 0.25) is 0 Å². The Labute approximate surface area is 116 Å². The largest absolute Gasteiger partial charge is 0.303 e. The molecular weight excluding hydrogens is 273 g/mol. The van der Waals surface area contributed by atoms with Crippen molar-refractivity contribution in [2.45, 2.75) is 26.2 Å². The van der Waals surface area contributed by atoms with Crippen LogP contribution in [0.2, 0.25) is 10.0 Å². The Morgan fingerprint density at radius 3 is 2.44 bits per heavy atom. The summed E-state index contributed by atoms with van der Waals surface area (Å²) in [5.74, 6) is -1.09. The number of carbonyl (C=O) groups excluding carboxylic acids is 2. The zero-order chi connectivity index (χ0) is 13.3. The highest BCUT2D eigenvalue weighted by molar-refractivity contribution is 6.56. The van der Waals surface area contributed by atoms with Gasteiger partial charge in [0, 0.05) is 6.54 Å². The van der Waals surface area contributed by atoms with E-state index in [2.05, 4.69) is 6.92 Å². The molecule has 1 aromatic rings. The van der Waals surface area contributed by atoms with E-state index in [0.717, 1.165) is 19.3 Å².